The van der Waals surface area contributed by atoms with Gasteiger partial charge in [-0.25, -0.2) is 8.42 Å². The fourth-order valence-corrected chi connectivity index (χ4v) is 5.45. The number of aromatic nitrogens is 2. The van der Waals surface area contributed by atoms with Crippen LogP contribution in [0.1, 0.15) is 12.1 Å². The zero-order valence-corrected chi connectivity index (χ0v) is 16.3. The lowest BCUT2D eigenvalue weighted by Gasteiger charge is -2.33. The number of carbonyl (C=O) groups is 1. The van der Waals surface area contributed by atoms with Gasteiger partial charge in [0.15, 0.2) is 0 Å². The minimum atomic E-state index is -3.50. The number of amides is 1. The quantitative estimate of drug-likeness (QED) is 0.516. The van der Waals surface area contributed by atoms with Crippen LogP contribution < -0.4 is 0 Å². The first kappa shape index (κ1) is 19.5. The number of nitro groups is 1. The molecule has 0 aliphatic carbocycles. The molecule has 1 aliphatic rings. The lowest BCUT2D eigenvalue weighted by atomic mass is 10.3. The molecular weight excluding hydrogens is 394 g/mol. The molecule has 1 fully saturated rings. The Kier molecular flexibility index (Phi) is 5.58. The monoisotopic (exact) mass is 413 g/mol. The van der Waals surface area contributed by atoms with Gasteiger partial charge < -0.3 is 15.0 Å². The van der Waals surface area contributed by atoms with E-state index in [9.17, 15) is 23.3 Å². The molecule has 27 heavy (non-hydrogen) atoms. The minimum absolute atomic E-state index is 0.124. The molecule has 0 radical (unpaired) electrons. The number of sulfonamides is 1. The summed E-state index contributed by atoms with van der Waals surface area (Å²) in [5, 5.41) is 16.3. The van der Waals surface area contributed by atoms with E-state index >= 15 is 0 Å². The summed E-state index contributed by atoms with van der Waals surface area (Å²) in [6, 6.07) is 4.63. The number of rotatable bonds is 6. The van der Waals surface area contributed by atoms with Crippen molar-refractivity contribution in [2.24, 2.45) is 0 Å². The van der Waals surface area contributed by atoms with Gasteiger partial charge in [-0.1, -0.05) is 6.07 Å². The maximum atomic E-state index is 12.5. The van der Waals surface area contributed by atoms with Gasteiger partial charge >= 0.3 is 5.82 Å². The Morgan fingerprint density at radius 1 is 1.33 bits per heavy atom. The lowest BCUT2D eigenvalue weighted by molar-refractivity contribution is -0.389. The molecule has 2 aromatic heterocycles. The summed E-state index contributed by atoms with van der Waals surface area (Å²) >= 11 is 1.17. The van der Waals surface area contributed by atoms with E-state index in [1.165, 1.54) is 26.4 Å². The van der Waals surface area contributed by atoms with Crippen LogP contribution in [0.25, 0.3) is 0 Å². The summed E-state index contributed by atoms with van der Waals surface area (Å²) in [7, 11) is -3.50. The molecule has 10 nitrogen and oxygen atoms in total. The van der Waals surface area contributed by atoms with E-state index in [0.717, 1.165) is 0 Å². The van der Waals surface area contributed by atoms with Gasteiger partial charge in [0.25, 0.3) is 10.0 Å². The summed E-state index contributed by atoms with van der Waals surface area (Å²) < 4.78 is 28.1. The summed E-state index contributed by atoms with van der Waals surface area (Å²) in [5.41, 5.74) is 0.612. The lowest BCUT2D eigenvalue weighted by Crippen LogP contribution is -2.50. The van der Waals surface area contributed by atoms with Gasteiger partial charge in [-0.3, -0.25) is 4.79 Å². The Labute approximate surface area is 160 Å². The number of thiophene rings is 1. The number of nitrogens with zero attached hydrogens (tertiary/aromatic N) is 5. The Hall–Kier alpha value is -2.31. The molecule has 146 valence electrons. The van der Waals surface area contributed by atoms with E-state index in [4.69, 9.17) is 0 Å². The van der Waals surface area contributed by atoms with Crippen LogP contribution in [-0.2, 0) is 21.4 Å². The van der Waals surface area contributed by atoms with Crippen LogP contribution in [-0.4, -0.2) is 64.4 Å². The smallest absolute Gasteiger partial charge is 0.358 e. The van der Waals surface area contributed by atoms with Crippen LogP contribution in [0.4, 0.5) is 5.82 Å². The third-order valence-electron chi connectivity index (χ3n) is 4.37. The number of aryl methyl sites for hydroxylation is 2. The van der Waals surface area contributed by atoms with Crippen LogP contribution in [0.15, 0.2) is 27.8 Å². The molecule has 1 amide bonds. The van der Waals surface area contributed by atoms with Gasteiger partial charge in [0.05, 0.1) is 23.4 Å². The molecule has 0 spiro atoms. The van der Waals surface area contributed by atoms with E-state index in [1.807, 2.05) is 0 Å². The highest BCUT2D eigenvalue weighted by molar-refractivity contribution is 7.91. The Balaban J connectivity index is 1.54. The second-order valence-corrected chi connectivity index (χ2v) is 9.20. The SMILES string of the molecule is Cc1cc([N+](=O)[O-])nn1CCC(=O)N1CCN(S(=O)(=O)c2cccs2)CC1. The number of carbonyl (C=O) groups excluding carboxylic acids is 1. The maximum Gasteiger partial charge on any atom is 0.390 e. The molecule has 0 bridgehead atoms. The first-order valence-corrected chi connectivity index (χ1v) is 10.6. The predicted molar refractivity (Wildman–Crippen MR) is 97.9 cm³/mol. The van der Waals surface area contributed by atoms with Gasteiger partial charge in [-0.15, -0.1) is 11.3 Å². The molecule has 0 unspecified atom stereocenters. The highest BCUT2D eigenvalue weighted by Gasteiger charge is 2.30. The Morgan fingerprint density at radius 3 is 2.59 bits per heavy atom. The van der Waals surface area contributed by atoms with Gasteiger partial charge in [-0.05, 0) is 23.3 Å². The van der Waals surface area contributed by atoms with E-state index in [-0.39, 0.29) is 37.8 Å². The van der Waals surface area contributed by atoms with Crippen molar-refractivity contribution in [1.82, 2.24) is 19.0 Å². The molecule has 3 heterocycles. The number of hydrogen-bond donors (Lipinski definition) is 0. The molecule has 2 aromatic rings. The second-order valence-electron chi connectivity index (χ2n) is 6.09. The minimum Gasteiger partial charge on any atom is -0.358 e. The summed E-state index contributed by atoms with van der Waals surface area (Å²) in [6.07, 6.45) is 0.150. The number of piperazine rings is 1. The molecule has 1 saturated heterocycles. The summed E-state index contributed by atoms with van der Waals surface area (Å²) in [5.74, 6) is -0.368. The van der Waals surface area contributed by atoms with E-state index in [2.05, 4.69) is 5.10 Å². The van der Waals surface area contributed by atoms with Crippen molar-refractivity contribution in [2.75, 3.05) is 26.2 Å². The maximum absolute atomic E-state index is 12.5. The van der Waals surface area contributed by atoms with Gasteiger partial charge in [0.2, 0.25) is 5.91 Å². The topological polar surface area (TPSA) is 119 Å². The Morgan fingerprint density at radius 2 is 2.04 bits per heavy atom. The highest BCUT2D eigenvalue weighted by atomic mass is 32.2. The zero-order valence-electron chi connectivity index (χ0n) is 14.6. The Bertz CT molecular complexity index is 930. The van der Waals surface area contributed by atoms with Crippen molar-refractivity contribution in [3.8, 4) is 0 Å². The van der Waals surface area contributed by atoms with Crippen LogP contribution in [0, 0.1) is 17.0 Å². The molecule has 0 aromatic carbocycles. The van der Waals surface area contributed by atoms with Crippen molar-refractivity contribution in [3.63, 3.8) is 0 Å². The summed E-state index contributed by atoms with van der Waals surface area (Å²) in [4.78, 5) is 24.2. The van der Waals surface area contributed by atoms with Crippen molar-refractivity contribution in [3.05, 3.63) is 39.4 Å². The molecular formula is C15H19N5O5S2. The first-order valence-electron chi connectivity index (χ1n) is 8.29. The molecule has 0 N–H and O–H groups in total. The average molecular weight is 413 g/mol. The third-order valence-corrected chi connectivity index (χ3v) is 7.65. The van der Waals surface area contributed by atoms with Gasteiger partial charge in [-0.2, -0.15) is 8.99 Å². The highest BCUT2D eigenvalue weighted by Crippen LogP contribution is 2.22. The van der Waals surface area contributed by atoms with Crippen molar-refractivity contribution >= 4 is 33.1 Å². The van der Waals surface area contributed by atoms with Crippen molar-refractivity contribution in [2.45, 2.75) is 24.1 Å². The summed E-state index contributed by atoms with van der Waals surface area (Å²) in [6.45, 7) is 3.07. The van der Waals surface area contributed by atoms with E-state index < -0.39 is 14.9 Å². The molecule has 0 saturated carbocycles. The molecule has 0 atom stereocenters. The van der Waals surface area contributed by atoms with Gasteiger partial charge in [0.1, 0.15) is 4.21 Å². The zero-order chi connectivity index (χ0) is 19.6. The second kappa shape index (κ2) is 7.74. The van der Waals surface area contributed by atoms with Crippen LogP contribution >= 0.6 is 11.3 Å². The normalized spacial score (nSPS) is 15.8. The molecule has 1 aliphatic heterocycles. The predicted octanol–water partition coefficient (Wildman–Crippen LogP) is 1.08. The third kappa shape index (κ3) is 4.17. The van der Waals surface area contributed by atoms with E-state index in [0.29, 0.717) is 23.0 Å². The molecule has 3 rings (SSSR count). The standard InChI is InChI=1S/C15H19N5O5S2/c1-12-11-13(20(22)23)16-19(12)5-4-14(21)17-6-8-18(9-7-17)27(24,25)15-3-2-10-26-15/h2-3,10-11H,4-9H2,1H3. The van der Waals surface area contributed by atoms with E-state index in [1.54, 1.807) is 29.3 Å². The average Bonchev–Trinajstić information content (AvgIpc) is 3.30. The van der Waals surface area contributed by atoms with Crippen LogP contribution in [0.3, 0.4) is 0 Å². The fraction of sp³-hybridized carbons (Fsp3) is 0.467. The van der Waals surface area contributed by atoms with Crippen molar-refractivity contribution < 1.29 is 18.1 Å². The van der Waals surface area contributed by atoms with Crippen LogP contribution in [0.5, 0.6) is 0 Å². The molecule has 12 heteroatoms. The number of hydrogen-bond acceptors (Lipinski definition) is 7. The van der Waals surface area contributed by atoms with Gasteiger partial charge in [0, 0.05) is 32.6 Å². The fourth-order valence-electron chi connectivity index (χ4n) is 2.88. The largest absolute Gasteiger partial charge is 0.390 e. The first-order chi connectivity index (χ1) is 12.8. The van der Waals surface area contributed by atoms with Crippen LogP contribution in [0.2, 0.25) is 0 Å². The van der Waals surface area contributed by atoms with Crippen molar-refractivity contribution in [1.29, 1.82) is 0 Å².